The Labute approximate surface area is 211 Å². The van der Waals surface area contributed by atoms with Crippen LogP contribution in [0.2, 0.25) is 0 Å². The number of rotatable bonds is 6. The third-order valence-electron chi connectivity index (χ3n) is 6.28. The van der Waals surface area contributed by atoms with E-state index in [0.29, 0.717) is 22.6 Å². The first kappa shape index (κ1) is 23.7. The van der Waals surface area contributed by atoms with Gasteiger partial charge in [-0.05, 0) is 55.7 Å². The van der Waals surface area contributed by atoms with E-state index in [2.05, 4.69) is 12.1 Å². The molecule has 2 aromatic heterocycles. The Balaban J connectivity index is 1.62. The highest BCUT2D eigenvalue weighted by Gasteiger charge is 2.23. The standard InChI is InChI=1S/C28H26N4O3S/c1-4-30-26(34)21-12-8-9-13-22(21)31(28(30)35)17-24(33)32(16-20-10-6-5-7-11-20)27-29-25-19(3)14-18(2)15-23(25)36-27/h5-15H,4,16-17H2,1-3H3. The Hall–Kier alpha value is -4.04. The fourth-order valence-electron chi connectivity index (χ4n) is 4.53. The summed E-state index contributed by atoms with van der Waals surface area (Å²) in [5.41, 5.74) is 3.61. The number of aromatic nitrogens is 3. The van der Waals surface area contributed by atoms with E-state index >= 15 is 0 Å². The van der Waals surface area contributed by atoms with Gasteiger partial charge in [0.15, 0.2) is 5.13 Å². The molecule has 0 spiro atoms. The van der Waals surface area contributed by atoms with E-state index in [1.165, 1.54) is 20.5 Å². The molecule has 0 saturated carbocycles. The molecule has 0 bridgehead atoms. The van der Waals surface area contributed by atoms with Crippen molar-refractivity contribution in [2.24, 2.45) is 0 Å². The third kappa shape index (κ3) is 4.24. The number of carbonyl (C=O) groups excluding carboxylic acids is 1. The minimum Gasteiger partial charge on any atom is -0.284 e. The van der Waals surface area contributed by atoms with E-state index in [4.69, 9.17) is 4.98 Å². The maximum atomic E-state index is 13.9. The van der Waals surface area contributed by atoms with Gasteiger partial charge in [0.05, 0.1) is 27.7 Å². The van der Waals surface area contributed by atoms with Crippen molar-refractivity contribution in [2.45, 2.75) is 40.4 Å². The highest BCUT2D eigenvalue weighted by molar-refractivity contribution is 7.22. The monoisotopic (exact) mass is 498 g/mol. The van der Waals surface area contributed by atoms with Crippen molar-refractivity contribution in [3.8, 4) is 0 Å². The Bertz CT molecular complexity index is 1720. The summed E-state index contributed by atoms with van der Waals surface area (Å²) in [6.45, 7) is 6.14. The summed E-state index contributed by atoms with van der Waals surface area (Å²) < 4.78 is 3.57. The van der Waals surface area contributed by atoms with Crippen LogP contribution in [0.1, 0.15) is 23.6 Å². The Morgan fingerprint density at radius 1 is 0.972 bits per heavy atom. The van der Waals surface area contributed by atoms with Crippen molar-refractivity contribution >= 4 is 43.5 Å². The number of hydrogen-bond acceptors (Lipinski definition) is 5. The smallest absolute Gasteiger partial charge is 0.284 e. The normalized spacial score (nSPS) is 11.3. The minimum atomic E-state index is -0.495. The molecule has 0 fully saturated rings. The van der Waals surface area contributed by atoms with Crippen molar-refractivity contribution in [1.82, 2.24) is 14.1 Å². The van der Waals surface area contributed by atoms with Gasteiger partial charge in [-0.1, -0.05) is 59.9 Å². The molecule has 1 amide bonds. The molecule has 182 valence electrons. The SMILES string of the molecule is CCn1c(=O)c2ccccc2n(CC(=O)N(Cc2ccccc2)c2nc3c(C)cc(C)cc3s2)c1=O. The second-order valence-electron chi connectivity index (χ2n) is 8.83. The van der Waals surface area contributed by atoms with E-state index < -0.39 is 5.69 Å². The number of hydrogen-bond donors (Lipinski definition) is 0. The lowest BCUT2D eigenvalue weighted by Crippen LogP contribution is -2.43. The van der Waals surface area contributed by atoms with Crippen molar-refractivity contribution in [1.29, 1.82) is 0 Å². The van der Waals surface area contributed by atoms with Crippen LogP contribution in [0.25, 0.3) is 21.1 Å². The van der Waals surface area contributed by atoms with Gasteiger partial charge in [-0.2, -0.15) is 0 Å². The Morgan fingerprint density at radius 3 is 2.44 bits per heavy atom. The number of amides is 1. The molecule has 8 heteroatoms. The first-order chi connectivity index (χ1) is 17.4. The van der Waals surface area contributed by atoms with Crippen molar-refractivity contribution in [3.63, 3.8) is 0 Å². The Kier molecular flexibility index (Phi) is 6.28. The fraction of sp³-hybridized carbons (Fsp3) is 0.214. The number of nitrogens with zero attached hydrogens (tertiary/aromatic N) is 4. The van der Waals surface area contributed by atoms with Crippen LogP contribution in [0.3, 0.4) is 0 Å². The van der Waals surface area contributed by atoms with Gasteiger partial charge in [-0.3, -0.25) is 23.6 Å². The summed E-state index contributed by atoms with van der Waals surface area (Å²) in [6.07, 6.45) is 0. The topological polar surface area (TPSA) is 77.2 Å². The summed E-state index contributed by atoms with van der Waals surface area (Å²) in [4.78, 5) is 46.4. The summed E-state index contributed by atoms with van der Waals surface area (Å²) in [7, 11) is 0. The lowest BCUT2D eigenvalue weighted by atomic mass is 10.1. The zero-order valence-electron chi connectivity index (χ0n) is 20.4. The molecule has 0 saturated heterocycles. The number of thiazole rings is 1. The molecule has 5 rings (SSSR count). The maximum Gasteiger partial charge on any atom is 0.331 e. The molecule has 0 unspecified atom stereocenters. The van der Waals surface area contributed by atoms with Gasteiger partial charge in [0, 0.05) is 6.54 Å². The number of fused-ring (bicyclic) bond motifs is 2. The van der Waals surface area contributed by atoms with Crippen LogP contribution in [0, 0.1) is 13.8 Å². The quantitative estimate of drug-likeness (QED) is 0.342. The predicted octanol–water partition coefficient (Wildman–Crippen LogP) is 4.64. The molecule has 36 heavy (non-hydrogen) atoms. The summed E-state index contributed by atoms with van der Waals surface area (Å²) in [5, 5.41) is 0.987. The van der Waals surface area contributed by atoms with Crippen LogP contribution in [0.4, 0.5) is 5.13 Å². The zero-order valence-corrected chi connectivity index (χ0v) is 21.2. The Morgan fingerprint density at radius 2 is 1.69 bits per heavy atom. The first-order valence-electron chi connectivity index (χ1n) is 11.8. The number of anilines is 1. The molecule has 7 nitrogen and oxygen atoms in total. The second-order valence-corrected chi connectivity index (χ2v) is 9.83. The summed E-state index contributed by atoms with van der Waals surface area (Å²) >= 11 is 1.46. The number of aryl methyl sites for hydroxylation is 2. The van der Waals surface area contributed by atoms with Crippen LogP contribution in [0.5, 0.6) is 0 Å². The van der Waals surface area contributed by atoms with E-state index in [9.17, 15) is 14.4 Å². The molecule has 0 atom stereocenters. The predicted molar refractivity (Wildman–Crippen MR) is 145 cm³/mol. The van der Waals surface area contributed by atoms with Crippen molar-refractivity contribution in [3.05, 3.63) is 104 Å². The molecule has 3 aromatic carbocycles. The maximum absolute atomic E-state index is 13.9. The van der Waals surface area contributed by atoms with E-state index in [-0.39, 0.29) is 24.6 Å². The number of para-hydroxylation sites is 1. The molecule has 0 aliphatic carbocycles. The van der Waals surface area contributed by atoms with Gasteiger partial charge in [0.1, 0.15) is 6.54 Å². The molecular formula is C28H26N4O3S. The summed E-state index contributed by atoms with van der Waals surface area (Å²) in [5.74, 6) is -0.277. The van der Waals surface area contributed by atoms with E-state index in [0.717, 1.165) is 26.9 Å². The first-order valence-corrected chi connectivity index (χ1v) is 12.6. The van der Waals surface area contributed by atoms with Gasteiger partial charge >= 0.3 is 5.69 Å². The lowest BCUT2D eigenvalue weighted by Gasteiger charge is -2.21. The van der Waals surface area contributed by atoms with Crippen LogP contribution in [-0.4, -0.2) is 20.0 Å². The fourth-order valence-corrected chi connectivity index (χ4v) is 5.68. The molecular weight excluding hydrogens is 472 g/mol. The minimum absolute atomic E-state index is 0.208. The summed E-state index contributed by atoms with van der Waals surface area (Å²) in [6, 6.07) is 20.8. The van der Waals surface area contributed by atoms with Gasteiger partial charge < -0.3 is 0 Å². The molecule has 0 N–H and O–H groups in total. The molecule has 0 aliphatic rings. The highest BCUT2D eigenvalue weighted by Crippen LogP contribution is 2.32. The van der Waals surface area contributed by atoms with Gasteiger partial charge in [-0.25, -0.2) is 9.78 Å². The highest BCUT2D eigenvalue weighted by atomic mass is 32.1. The molecule has 0 radical (unpaired) electrons. The van der Waals surface area contributed by atoms with E-state index in [1.54, 1.807) is 36.1 Å². The number of carbonyl (C=O) groups is 1. The van der Waals surface area contributed by atoms with Gasteiger partial charge in [0.2, 0.25) is 5.91 Å². The van der Waals surface area contributed by atoms with Gasteiger partial charge in [0.25, 0.3) is 5.56 Å². The molecule has 5 aromatic rings. The molecule has 2 heterocycles. The molecule has 0 aliphatic heterocycles. The van der Waals surface area contributed by atoms with Crippen LogP contribution in [0.15, 0.2) is 76.3 Å². The lowest BCUT2D eigenvalue weighted by molar-refractivity contribution is -0.119. The average molecular weight is 499 g/mol. The zero-order chi connectivity index (χ0) is 25.4. The third-order valence-corrected chi connectivity index (χ3v) is 7.30. The van der Waals surface area contributed by atoms with Crippen LogP contribution < -0.4 is 16.1 Å². The van der Waals surface area contributed by atoms with Crippen molar-refractivity contribution < 1.29 is 4.79 Å². The van der Waals surface area contributed by atoms with Crippen molar-refractivity contribution in [2.75, 3.05) is 4.90 Å². The van der Waals surface area contributed by atoms with Crippen LogP contribution >= 0.6 is 11.3 Å². The van der Waals surface area contributed by atoms with E-state index in [1.807, 2.05) is 44.2 Å². The second kappa shape index (κ2) is 9.54. The number of benzene rings is 3. The van der Waals surface area contributed by atoms with Gasteiger partial charge in [-0.15, -0.1) is 0 Å². The van der Waals surface area contributed by atoms with Crippen LogP contribution in [-0.2, 0) is 24.4 Å². The largest absolute Gasteiger partial charge is 0.331 e. The average Bonchev–Trinajstić information content (AvgIpc) is 3.30.